The van der Waals surface area contributed by atoms with Gasteiger partial charge in [0.05, 0.1) is 17.8 Å². The predicted octanol–water partition coefficient (Wildman–Crippen LogP) is 5.62. The van der Waals surface area contributed by atoms with Gasteiger partial charge in [0.2, 0.25) is 0 Å². The van der Waals surface area contributed by atoms with Gasteiger partial charge >= 0.3 is 0 Å². The van der Waals surface area contributed by atoms with Gasteiger partial charge in [0.25, 0.3) is 0 Å². The maximum atomic E-state index is 2.32. The lowest BCUT2D eigenvalue weighted by molar-refractivity contribution is 1.80. The van der Waals surface area contributed by atoms with Crippen LogP contribution >= 0.6 is 57.5 Å². The summed E-state index contributed by atoms with van der Waals surface area (Å²) in [5.41, 5.74) is 0. The summed E-state index contributed by atoms with van der Waals surface area (Å²) >= 11 is 9.48. The van der Waals surface area contributed by atoms with Gasteiger partial charge < -0.3 is 0 Å². The smallest absolute Gasteiger partial charge is 0.0641 e. The molecule has 15 heavy (non-hydrogen) atoms. The first-order valence-corrected chi connectivity index (χ1v) is 9.25. The van der Waals surface area contributed by atoms with Crippen molar-refractivity contribution >= 4 is 76.3 Å². The van der Waals surface area contributed by atoms with Crippen LogP contribution in [0.3, 0.4) is 0 Å². The van der Waals surface area contributed by atoms with Crippen LogP contribution in [0, 0.1) is 0 Å². The number of fused-ring (bicyclic) bond motifs is 3. The number of hydrogen-bond donors (Lipinski definition) is 0. The van der Waals surface area contributed by atoms with Crippen molar-refractivity contribution in [2.45, 2.75) is 8.42 Å². The van der Waals surface area contributed by atoms with E-state index in [2.05, 4.69) is 24.6 Å². The molecular formula is C10H8S5. The van der Waals surface area contributed by atoms with Crippen molar-refractivity contribution in [2.24, 2.45) is 0 Å². The van der Waals surface area contributed by atoms with Crippen molar-refractivity contribution < 1.29 is 0 Å². The van der Waals surface area contributed by atoms with E-state index in [1.54, 1.807) is 0 Å². The molecule has 0 aliphatic heterocycles. The Bertz CT molecular complexity index is 559. The van der Waals surface area contributed by atoms with Crippen molar-refractivity contribution in [1.29, 1.82) is 0 Å². The molecule has 3 aromatic rings. The van der Waals surface area contributed by atoms with Crippen molar-refractivity contribution in [2.75, 3.05) is 12.5 Å². The largest absolute Gasteiger partial charge is 0.133 e. The molecule has 0 unspecified atom stereocenters. The second-order valence-corrected chi connectivity index (χ2v) is 8.43. The van der Waals surface area contributed by atoms with Crippen LogP contribution in [0.5, 0.6) is 0 Å². The van der Waals surface area contributed by atoms with Gasteiger partial charge in [-0.3, -0.25) is 0 Å². The van der Waals surface area contributed by atoms with Gasteiger partial charge in [0.1, 0.15) is 0 Å². The fraction of sp³-hybridized carbons (Fsp3) is 0.200. The molecule has 0 bridgehead atoms. The van der Waals surface area contributed by atoms with Crippen molar-refractivity contribution in [3.8, 4) is 0 Å². The first kappa shape index (κ1) is 10.5. The Morgan fingerprint density at radius 3 is 1.67 bits per heavy atom. The van der Waals surface area contributed by atoms with Gasteiger partial charge in [0, 0.05) is 9.40 Å². The summed E-state index contributed by atoms with van der Waals surface area (Å²) in [4.78, 5) is 0. The van der Waals surface area contributed by atoms with E-state index in [9.17, 15) is 0 Å². The minimum Gasteiger partial charge on any atom is -0.133 e. The normalized spacial score (nSPS) is 11.9. The van der Waals surface area contributed by atoms with Gasteiger partial charge in [-0.15, -0.1) is 57.5 Å². The van der Waals surface area contributed by atoms with Crippen LogP contribution in [0.25, 0.3) is 18.8 Å². The summed E-state index contributed by atoms with van der Waals surface area (Å²) in [6.07, 6.45) is 4.29. The molecule has 0 aliphatic carbocycles. The summed E-state index contributed by atoms with van der Waals surface area (Å²) < 4.78 is 8.75. The standard InChI is InChI=1S/C10H8S5/c1-11-7-3-5-9(14-7)10-6(13-5)4-8(12-2)15-10/h3-4H,1-2H3. The molecule has 3 rings (SSSR count). The first-order valence-electron chi connectivity index (χ1n) is 4.35. The van der Waals surface area contributed by atoms with Gasteiger partial charge in [0.15, 0.2) is 0 Å². The maximum absolute atomic E-state index is 2.32. The van der Waals surface area contributed by atoms with Gasteiger partial charge in [-0.05, 0) is 24.6 Å². The summed E-state index contributed by atoms with van der Waals surface area (Å²) in [5, 5.41) is 0. The quantitative estimate of drug-likeness (QED) is 0.561. The molecule has 0 radical (unpaired) electrons. The molecule has 0 aliphatic rings. The molecule has 0 N–H and O–H groups in total. The molecular weight excluding hydrogens is 280 g/mol. The molecule has 3 heterocycles. The minimum atomic E-state index is 1.43. The molecule has 0 spiro atoms. The van der Waals surface area contributed by atoms with Crippen LogP contribution < -0.4 is 0 Å². The Hall–Kier alpha value is 0.320. The molecule has 0 amide bonds. The van der Waals surface area contributed by atoms with E-state index in [4.69, 9.17) is 0 Å². The molecule has 0 saturated carbocycles. The van der Waals surface area contributed by atoms with E-state index >= 15 is 0 Å². The molecule has 0 atom stereocenters. The number of thiophene rings is 3. The van der Waals surface area contributed by atoms with Crippen molar-refractivity contribution in [3.63, 3.8) is 0 Å². The third kappa shape index (κ3) is 1.65. The molecule has 0 fully saturated rings. The van der Waals surface area contributed by atoms with Crippen LogP contribution in [0.2, 0.25) is 0 Å². The molecule has 5 heteroatoms. The Labute approximate surface area is 109 Å². The van der Waals surface area contributed by atoms with Crippen LogP contribution in [-0.4, -0.2) is 12.5 Å². The lowest BCUT2D eigenvalue weighted by Gasteiger charge is -1.82. The van der Waals surface area contributed by atoms with Crippen molar-refractivity contribution in [1.82, 2.24) is 0 Å². The van der Waals surface area contributed by atoms with E-state index in [-0.39, 0.29) is 0 Å². The fourth-order valence-electron chi connectivity index (χ4n) is 1.49. The predicted molar refractivity (Wildman–Crippen MR) is 78.6 cm³/mol. The lowest BCUT2D eigenvalue weighted by Crippen LogP contribution is -1.49. The number of thioether (sulfide) groups is 2. The molecule has 3 aromatic heterocycles. The minimum absolute atomic E-state index is 1.43. The number of hydrogen-bond acceptors (Lipinski definition) is 5. The second kappa shape index (κ2) is 3.96. The van der Waals surface area contributed by atoms with E-state index < -0.39 is 0 Å². The van der Waals surface area contributed by atoms with Crippen LogP contribution in [0.1, 0.15) is 0 Å². The third-order valence-corrected chi connectivity index (χ3v) is 8.09. The zero-order valence-corrected chi connectivity index (χ0v) is 12.3. The van der Waals surface area contributed by atoms with Gasteiger partial charge in [-0.2, -0.15) is 0 Å². The molecule has 0 aromatic carbocycles. The summed E-state index contributed by atoms with van der Waals surface area (Å²) in [7, 11) is 0. The van der Waals surface area contributed by atoms with E-state index in [1.807, 2.05) is 57.5 Å². The molecule has 0 nitrogen and oxygen atoms in total. The lowest BCUT2D eigenvalue weighted by atomic mass is 10.5. The third-order valence-electron chi connectivity index (χ3n) is 2.18. The van der Waals surface area contributed by atoms with E-state index in [1.165, 1.54) is 27.2 Å². The molecule has 78 valence electrons. The Morgan fingerprint density at radius 2 is 1.27 bits per heavy atom. The monoisotopic (exact) mass is 288 g/mol. The maximum Gasteiger partial charge on any atom is 0.0641 e. The highest BCUT2D eigenvalue weighted by molar-refractivity contribution is 8.01. The average molecular weight is 289 g/mol. The zero-order chi connectivity index (χ0) is 10.4. The molecule has 0 saturated heterocycles. The van der Waals surface area contributed by atoms with Crippen LogP contribution in [-0.2, 0) is 0 Å². The van der Waals surface area contributed by atoms with Crippen molar-refractivity contribution in [3.05, 3.63) is 12.1 Å². The second-order valence-electron chi connectivity index (χ2n) is 3.03. The zero-order valence-electron chi connectivity index (χ0n) is 8.20. The van der Waals surface area contributed by atoms with Crippen LogP contribution in [0.4, 0.5) is 0 Å². The Kier molecular flexibility index (Phi) is 2.77. The highest BCUT2D eigenvalue weighted by Crippen LogP contribution is 2.46. The SMILES string of the molecule is CSc1cc2sc3cc(SC)sc3c2s1. The van der Waals surface area contributed by atoms with E-state index in [0.717, 1.165) is 0 Å². The van der Waals surface area contributed by atoms with Gasteiger partial charge in [-0.1, -0.05) is 0 Å². The fourth-order valence-corrected chi connectivity index (χ4v) is 6.77. The number of rotatable bonds is 2. The highest BCUT2D eigenvalue weighted by Gasteiger charge is 2.12. The van der Waals surface area contributed by atoms with Gasteiger partial charge in [-0.25, -0.2) is 0 Å². The Morgan fingerprint density at radius 1 is 0.800 bits per heavy atom. The van der Waals surface area contributed by atoms with Crippen LogP contribution in [0.15, 0.2) is 20.6 Å². The first-order chi connectivity index (χ1) is 7.31. The average Bonchev–Trinajstić information content (AvgIpc) is 2.85. The Balaban J connectivity index is 2.32. The highest BCUT2D eigenvalue weighted by atomic mass is 32.2. The topological polar surface area (TPSA) is 0 Å². The van der Waals surface area contributed by atoms with E-state index in [0.29, 0.717) is 0 Å². The summed E-state index contributed by atoms with van der Waals surface area (Å²) in [6, 6.07) is 4.64. The summed E-state index contributed by atoms with van der Waals surface area (Å²) in [6.45, 7) is 0. The summed E-state index contributed by atoms with van der Waals surface area (Å²) in [5.74, 6) is 0.